The Kier molecular flexibility index (Phi) is 5.56. The van der Waals surface area contributed by atoms with Crippen molar-refractivity contribution in [3.05, 3.63) is 28.8 Å². The lowest BCUT2D eigenvalue weighted by Gasteiger charge is -2.47. The highest BCUT2D eigenvalue weighted by Gasteiger charge is 2.41. The predicted octanol–water partition coefficient (Wildman–Crippen LogP) is 2.59. The Hall–Kier alpha value is -1.30. The summed E-state index contributed by atoms with van der Waals surface area (Å²) in [6.07, 6.45) is 3.20. The average Bonchev–Trinajstić information content (AvgIpc) is 2.76. The fraction of sp³-hybridized carbons (Fsp3) is 0.632. The number of hydrogen-bond donors (Lipinski definition) is 0. The molecule has 0 aliphatic carbocycles. The van der Waals surface area contributed by atoms with Gasteiger partial charge in [-0.05, 0) is 64.6 Å². The number of nitrogens with zero attached hydrogens (tertiary/aromatic N) is 3. The molecule has 2 fully saturated rings. The lowest BCUT2D eigenvalue weighted by Crippen LogP contribution is -2.58. The number of likely N-dealkylation sites (N-methyl/N-ethyl adjacent to an activating group) is 1. The molecule has 0 atom stereocenters. The number of carbonyl (C=O) groups excluding carboxylic acids is 1. The topological polar surface area (TPSA) is 36.0 Å². The molecule has 1 aromatic carbocycles. The molecule has 0 radical (unpaired) electrons. The van der Waals surface area contributed by atoms with Gasteiger partial charge in [0.2, 0.25) is 0 Å². The van der Waals surface area contributed by atoms with Crippen LogP contribution >= 0.6 is 11.6 Å². The zero-order valence-electron chi connectivity index (χ0n) is 15.4. The van der Waals surface area contributed by atoms with Gasteiger partial charge in [0, 0.05) is 35.8 Å². The minimum absolute atomic E-state index is 0.0504. The Bertz CT molecular complexity index is 629. The van der Waals surface area contributed by atoms with Crippen molar-refractivity contribution in [3.8, 4) is 5.75 Å². The molecule has 0 bridgehead atoms. The van der Waals surface area contributed by atoms with Gasteiger partial charge in [0.05, 0.1) is 7.11 Å². The molecule has 5 nitrogen and oxygen atoms in total. The van der Waals surface area contributed by atoms with Gasteiger partial charge in [0.25, 0.3) is 5.91 Å². The van der Waals surface area contributed by atoms with Crippen LogP contribution in [0.25, 0.3) is 0 Å². The van der Waals surface area contributed by atoms with Gasteiger partial charge in [-0.25, -0.2) is 0 Å². The van der Waals surface area contributed by atoms with E-state index in [4.69, 9.17) is 16.3 Å². The van der Waals surface area contributed by atoms with E-state index in [2.05, 4.69) is 23.9 Å². The Morgan fingerprint density at radius 2 is 1.84 bits per heavy atom. The van der Waals surface area contributed by atoms with Crippen molar-refractivity contribution in [1.82, 2.24) is 14.7 Å². The van der Waals surface area contributed by atoms with E-state index in [0.717, 1.165) is 52.0 Å². The smallest absolute Gasteiger partial charge is 0.254 e. The zero-order chi connectivity index (χ0) is 18.0. The first-order chi connectivity index (χ1) is 11.9. The molecule has 1 amide bonds. The van der Waals surface area contributed by atoms with Crippen LogP contribution in [0.5, 0.6) is 5.75 Å². The van der Waals surface area contributed by atoms with E-state index in [1.807, 2.05) is 4.90 Å². The van der Waals surface area contributed by atoms with E-state index in [-0.39, 0.29) is 11.4 Å². The van der Waals surface area contributed by atoms with Gasteiger partial charge >= 0.3 is 0 Å². The summed E-state index contributed by atoms with van der Waals surface area (Å²) >= 11 is 6.16. The van der Waals surface area contributed by atoms with E-state index in [9.17, 15) is 4.79 Å². The number of rotatable bonds is 2. The number of benzene rings is 1. The van der Waals surface area contributed by atoms with Crippen molar-refractivity contribution in [2.75, 3.05) is 53.9 Å². The molecule has 1 aromatic rings. The highest BCUT2D eigenvalue weighted by molar-refractivity contribution is 6.31. The van der Waals surface area contributed by atoms with Crippen molar-refractivity contribution in [2.24, 2.45) is 0 Å². The first-order valence-electron chi connectivity index (χ1n) is 8.97. The number of likely N-dealkylation sites (tertiary alicyclic amines) is 1. The molecular weight excluding hydrogens is 338 g/mol. The highest BCUT2D eigenvalue weighted by atomic mass is 35.5. The summed E-state index contributed by atoms with van der Waals surface area (Å²) in [6, 6.07) is 5.25. The maximum atomic E-state index is 13.2. The number of hydrogen-bond acceptors (Lipinski definition) is 4. The number of piperidine rings is 1. The van der Waals surface area contributed by atoms with Gasteiger partial charge < -0.3 is 14.5 Å². The zero-order valence-corrected chi connectivity index (χ0v) is 16.2. The number of carbonyl (C=O) groups is 1. The fourth-order valence-electron chi connectivity index (χ4n) is 4.03. The maximum absolute atomic E-state index is 13.2. The SMILES string of the molecule is COc1cc(Cl)cc(C(=O)N2CCCN(C)C3(CCN(C)CC3)C2)c1. The molecule has 0 aromatic heterocycles. The van der Waals surface area contributed by atoms with E-state index in [1.165, 1.54) is 0 Å². The molecule has 0 unspecified atom stereocenters. The van der Waals surface area contributed by atoms with Crippen LogP contribution in [-0.4, -0.2) is 80.1 Å². The largest absolute Gasteiger partial charge is 0.497 e. The Morgan fingerprint density at radius 1 is 1.12 bits per heavy atom. The minimum Gasteiger partial charge on any atom is -0.497 e. The summed E-state index contributed by atoms with van der Waals surface area (Å²) in [5.41, 5.74) is 0.693. The van der Waals surface area contributed by atoms with Gasteiger partial charge in [-0.2, -0.15) is 0 Å². The first-order valence-corrected chi connectivity index (χ1v) is 9.35. The lowest BCUT2D eigenvalue weighted by atomic mass is 9.85. The molecule has 2 aliphatic heterocycles. The van der Waals surface area contributed by atoms with Crippen LogP contribution in [0.2, 0.25) is 5.02 Å². The van der Waals surface area contributed by atoms with Crippen LogP contribution in [0.3, 0.4) is 0 Å². The third-order valence-corrected chi connectivity index (χ3v) is 5.99. The van der Waals surface area contributed by atoms with E-state index >= 15 is 0 Å². The molecule has 25 heavy (non-hydrogen) atoms. The van der Waals surface area contributed by atoms with Crippen LogP contribution in [0.15, 0.2) is 18.2 Å². The van der Waals surface area contributed by atoms with Crippen molar-refractivity contribution in [2.45, 2.75) is 24.8 Å². The summed E-state index contributed by atoms with van der Waals surface area (Å²) in [4.78, 5) is 20.0. The second-order valence-corrected chi connectivity index (χ2v) is 7.85. The molecular formula is C19H28ClN3O2. The average molecular weight is 366 g/mol. The van der Waals surface area contributed by atoms with Gasteiger partial charge in [0.15, 0.2) is 0 Å². The summed E-state index contributed by atoms with van der Waals surface area (Å²) in [7, 11) is 5.97. The maximum Gasteiger partial charge on any atom is 0.254 e. The quantitative estimate of drug-likeness (QED) is 0.807. The first kappa shape index (κ1) is 18.5. The minimum atomic E-state index is 0.0504. The Morgan fingerprint density at radius 3 is 2.52 bits per heavy atom. The normalized spacial score (nSPS) is 22.0. The number of ether oxygens (including phenoxy) is 1. The van der Waals surface area contributed by atoms with Crippen LogP contribution < -0.4 is 4.74 Å². The number of amides is 1. The number of methoxy groups -OCH3 is 1. The molecule has 2 saturated heterocycles. The highest BCUT2D eigenvalue weighted by Crippen LogP contribution is 2.32. The van der Waals surface area contributed by atoms with Crippen LogP contribution in [0.4, 0.5) is 0 Å². The standard InChI is InChI=1S/C19H28ClN3O2/c1-21-9-5-19(6-10-21)14-23(8-4-7-22(19)2)18(24)15-11-16(20)13-17(12-15)25-3/h11-13H,4-10,14H2,1-3H3. The van der Waals surface area contributed by atoms with Crippen LogP contribution in [0, 0.1) is 0 Å². The van der Waals surface area contributed by atoms with Gasteiger partial charge in [-0.15, -0.1) is 0 Å². The molecule has 2 aliphatic rings. The summed E-state index contributed by atoms with van der Waals surface area (Å²) in [6.45, 7) is 4.77. The Balaban J connectivity index is 1.83. The van der Waals surface area contributed by atoms with E-state index in [0.29, 0.717) is 16.3 Å². The molecule has 2 heterocycles. The predicted molar refractivity (Wildman–Crippen MR) is 101 cm³/mol. The van der Waals surface area contributed by atoms with Crippen LogP contribution in [-0.2, 0) is 0 Å². The van der Waals surface area contributed by atoms with Crippen molar-refractivity contribution in [3.63, 3.8) is 0 Å². The molecule has 0 saturated carbocycles. The van der Waals surface area contributed by atoms with Crippen molar-refractivity contribution < 1.29 is 9.53 Å². The monoisotopic (exact) mass is 365 g/mol. The second-order valence-electron chi connectivity index (χ2n) is 7.41. The third kappa shape index (κ3) is 3.94. The molecule has 138 valence electrons. The molecule has 6 heteroatoms. The fourth-order valence-corrected chi connectivity index (χ4v) is 4.25. The molecule has 0 N–H and O–H groups in total. The summed E-state index contributed by atoms with van der Waals surface area (Å²) < 4.78 is 5.27. The lowest BCUT2D eigenvalue weighted by molar-refractivity contribution is 0.0317. The van der Waals surface area contributed by atoms with E-state index in [1.54, 1.807) is 25.3 Å². The summed E-state index contributed by atoms with van der Waals surface area (Å²) in [5, 5.41) is 0.531. The molecule has 3 rings (SSSR count). The number of halogens is 1. The van der Waals surface area contributed by atoms with Crippen LogP contribution in [0.1, 0.15) is 29.6 Å². The molecule has 1 spiro atoms. The van der Waals surface area contributed by atoms with Gasteiger partial charge in [-0.3, -0.25) is 9.69 Å². The van der Waals surface area contributed by atoms with Crippen molar-refractivity contribution >= 4 is 17.5 Å². The van der Waals surface area contributed by atoms with Crippen molar-refractivity contribution in [1.29, 1.82) is 0 Å². The van der Waals surface area contributed by atoms with Gasteiger partial charge in [-0.1, -0.05) is 11.6 Å². The van der Waals surface area contributed by atoms with Gasteiger partial charge in [0.1, 0.15) is 5.75 Å². The third-order valence-electron chi connectivity index (χ3n) is 5.78. The summed E-state index contributed by atoms with van der Waals surface area (Å²) in [5.74, 6) is 0.672. The van der Waals surface area contributed by atoms with E-state index < -0.39 is 0 Å². The Labute approximate surface area is 155 Å². The second kappa shape index (κ2) is 7.52.